The first-order chi connectivity index (χ1) is 9.71. The van der Waals surface area contributed by atoms with Crippen molar-refractivity contribution in [2.24, 2.45) is 17.1 Å². The normalized spacial score (nSPS) is 20.3. The van der Waals surface area contributed by atoms with E-state index >= 15 is 0 Å². The number of hydrogen-bond donors (Lipinski definition) is 2. The predicted molar refractivity (Wildman–Crippen MR) is 86.1 cm³/mol. The molecule has 0 aromatic rings. The van der Waals surface area contributed by atoms with E-state index in [0.717, 1.165) is 32.7 Å². The summed E-state index contributed by atoms with van der Waals surface area (Å²) in [6.07, 6.45) is 1.07. The average molecular weight is 299 g/mol. The molecular weight excluding hydrogens is 266 g/mol. The summed E-state index contributed by atoms with van der Waals surface area (Å²) in [4.78, 5) is 14.6. The van der Waals surface area contributed by atoms with Crippen molar-refractivity contribution in [1.82, 2.24) is 10.2 Å². The molecule has 2 unspecified atom stereocenters. The van der Waals surface area contributed by atoms with Crippen molar-refractivity contribution in [3.8, 4) is 0 Å². The lowest BCUT2D eigenvalue weighted by Crippen LogP contribution is -2.53. The highest BCUT2D eigenvalue weighted by atomic mass is 16.5. The molecule has 21 heavy (non-hydrogen) atoms. The lowest BCUT2D eigenvalue weighted by molar-refractivity contribution is -0.124. The van der Waals surface area contributed by atoms with E-state index in [0.29, 0.717) is 18.5 Å². The number of nitrogens with zero attached hydrogens (tertiary/aromatic N) is 1. The van der Waals surface area contributed by atoms with Crippen LogP contribution >= 0.6 is 0 Å². The molecule has 1 rings (SSSR count). The van der Waals surface area contributed by atoms with Gasteiger partial charge in [0.15, 0.2) is 0 Å². The summed E-state index contributed by atoms with van der Waals surface area (Å²) >= 11 is 0. The lowest BCUT2D eigenvalue weighted by atomic mass is 9.87. The van der Waals surface area contributed by atoms with Gasteiger partial charge in [0, 0.05) is 25.7 Å². The standard InChI is InChI=1S/C16H33N3O2/c1-12(2)10-13(19-6-8-21-9-7-19)11-18-15(20)14(17)16(3,4)5/h12-14H,6-11,17H2,1-5H3,(H,18,20). The monoisotopic (exact) mass is 299 g/mol. The molecule has 3 N–H and O–H groups in total. The van der Waals surface area contributed by atoms with Crippen molar-refractivity contribution in [3.63, 3.8) is 0 Å². The number of hydrogen-bond acceptors (Lipinski definition) is 4. The topological polar surface area (TPSA) is 67.6 Å². The Labute approximate surface area is 129 Å². The smallest absolute Gasteiger partial charge is 0.237 e. The van der Waals surface area contributed by atoms with Crippen molar-refractivity contribution in [3.05, 3.63) is 0 Å². The summed E-state index contributed by atoms with van der Waals surface area (Å²) in [7, 11) is 0. The zero-order valence-electron chi connectivity index (χ0n) is 14.3. The fraction of sp³-hybridized carbons (Fsp3) is 0.938. The average Bonchev–Trinajstić information content (AvgIpc) is 2.41. The quantitative estimate of drug-likeness (QED) is 0.774. The number of rotatable bonds is 6. The van der Waals surface area contributed by atoms with Gasteiger partial charge in [-0.05, 0) is 17.8 Å². The van der Waals surface area contributed by atoms with Crippen molar-refractivity contribution >= 4 is 5.91 Å². The van der Waals surface area contributed by atoms with Crippen LogP contribution in [0, 0.1) is 11.3 Å². The van der Waals surface area contributed by atoms with E-state index in [1.807, 2.05) is 20.8 Å². The lowest BCUT2D eigenvalue weighted by Gasteiger charge is -2.36. The molecule has 1 heterocycles. The molecule has 1 aliphatic rings. The molecule has 0 saturated carbocycles. The van der Waals surface area contributed by atoms with Gasteiger partial charge in [-0.3, -0.25) is 9.69 Å². The molecule has 1 amide bonds. The largest absolute Gasteiger partial charge is 0.379 e. The first-order valence-electron chi connectivity index (χ1n) is 8.07. The molecule has 0 aliphatic carbocycles. The van der Waals surface area contributed by atoms with Gasteiger partial charge in [-0.15, -0.1) is 0 Å². The zero-order chi connectivity index (χ0) is 16.0. The second-order valence-electron chi connectivity index (χ2n) is 7.52. The van der Waals surface area contributed by atoms with Crippen LogP contribution in [0.25, 0.3) is 0 Å². The predicted octanol–water partition coefficient (Wildman–Crippen LogP) is 1.22. The highest BCUT2D eigenvalue weighted by Gasteiger charge is 2.29. The number of carbonyl (C=O) groups is 1. The van der Waals surface area contributed by atoms with Crippen LogP contribution in [0.5, 0.6) is 0 Å². The molecule has 0 aromatic heterocycles. The van der Waals surface area contributed by atoms with Crippen LogP contribution in [-0.2, 0) is 9.53 Å². The Kier molecular flexibility index (Phi) is 7.10. The molecular formula is C16H33N3O2. The third-order valence-corrected chi connectivity index (χ3v) is 4.03. The van der Waals surface area contributed by atoms with Gasteiger partial charge in [0.05, 0.1) is 19.3 Å². The molecule has 0 radical (unpaired) electrons. The van der Waals surface area contributed by atoms with Gasteiger partial charge in [0.1, 0.15) is 0 Å². The SMILES string of the molecule is CC(C)CC(CNC(=O)C(N)C(C)(C)C)N1CCOCC1. The van der Waals surface area contributed by atoms with Crippen LogP contribution < -0.4 is 11.1 Å². The van der Waals surface area contributed by atoms with Crippen LogP contribution in [0.15, 0.2) is 0 Å². The molecule has 0 aromatic carbocycles. The highest BCUT2D eigenvalue weighted by molar-refractivity contribution is 5.82. The van der Waals surface area contributed by atoms with Crippen molar-refractivity contribution in [1.29, 1.82) is 0 Å². The number of nitrogens with two attached hydrogens (primary N) is 1. The molecule has 0 spiro atoms. The number of amides is 1. The Morgan fingerprint density at radius 3 is 2.33 bits per heavy atom. The minimum Gasteiger partial charge on any atom is -0.379 e. The summed E-state index contributed by atoms with van der Waals surface area (Å²) in [5.41, 5.74) is 5.80. The summed E-state index contributed by atoms with van der Waals surface area (Å²) in [5, 5.41) is 3.05. The van der Waals surface area contributed by atoms with Gasteiger partial charge < -0.3 is 15.8 Å². The number of nitrogens with one attached hydrogen (secondary N) is 1. The van der Waals surface area contributed by atoms with Gasteiger partial charge in [-0.25, -0.2) is 0 Å². The maximum atomic E-state index is 12.2. The number of morpholine rings is 1. The van der Waals surface area contributed by atoms with Crippen LogP contribution in [0.3, 0.4) is 0 Å². The Hall–Kier alpha value is -0.650. The molecule has 0 bridgehead atoms. The molecule has 2 atom stereocenters. The molecule has 1 saturated heterocycles. The maximum absolute atomic E-state index is 12.2. The van der Waals surface area contributed by atoms with Crippen molar-refractivity contribution < 1.29 is 9.53 Å². The first-order valence-corrected chi connectivity index (χ1v) is 8.07. The van der Waals surface area contributed by atoms with Crippen LogP contribution in [0.4, 0.5) is 0 Å². The summed E-state index contributed by atoms with van der Waals surface area (Å²) in [6, 6.07) is -0.105. The molecule has 5 heteroatoms. The fourth-order valence-electron chi connectivity index (χ4n) is 2.57. The van der Waals surface area contributed by atoms with Crippen LogP contribution in [-0.4, -0.2) is 55.7 Å². The second kappa shape index (κ2) is 8.11. The van der Waals surface area contributed by atoms with Gasteiger partial charge in [0.2, 0.25) is 5.91 Å². The number of carbonyl (C=O) groups excluding carboxylic acids is 1. The van der Waals surface area contributed by atoms with E-state index in [1.165, 1.54) is 0 Å². The summed E-state index contributed by atoms with van der Waals surface area (Å²) in [6.45, 7) is 14.5. The van der Waals surface area contributed by atoms with Gasteiger partial charge in [-0.1, -0.05) is 34.6 Å². The highest BCUT2D eigenvalue weighted by Crippen LogP contribution is 2.18. The van der Waals surface area contributed by atoms with E-state index in [2.05, 4.69) is 24.1 Å². The van der Waals surface area contributed by atoms with Crippen molar-refractivity contribution in [2.75, 3.05) is 32.8 Å². The van der Waals surface area contributed by atoms with E-state index in [4.69, 9.17) is 10.5 Å². The van der Waals surface area contributed by atoms with Crippen LogP contribution in [0.2, 0.25) is 0 Å². The summed E-state index contributed by atoms with van der Waals surface area (Å²) in [5.74, 6) is 0.551. The maximum Gasteiger partial charge on any atom is 0.237 e. The van der Waals surface area contributed by atoms with E-state index in [9.17, 15) is 4.79 Å². The third kappa shape index (κ3) is 6.32. The Morgan fingerprint density at radius 2 is 1.86 bits per heavy atom. The van der Waals surface area contributed by atoms with Gasteiger partial charge in [0.25, 0.3) is 0 Å². The zero-order valence-corrected chi connectivity index (χ0v) is 14.3. The summed E-state index contributed by atoms with van der Waals surface area (Å²) < 4.78 is 5.41. The molecule has 5 nitrogen and oxygen atoms in total. The van der Waals surface area contributed by atoms with Gasteiger partial charge >= 0.3 is 0 Å². The van der Waals surface area contributed by atoms with Gasteiger partial charge in [-0.2, -0.15) is 0 Å². The Bertz CT molecular complexity index is 320. The minimum absolute atomic E-state index is 0.0514. The van der Waals surface area contributed by atoms with E-state index < -0.39 is 6.04 Å². The Balaban J connectivity index is 2.54. The Morgan fingerprint density at radius 1 is 1.29 bits per heavy atom. The number of ether oxygens (including phenoxy) is 1. The first kappa shape index (κ1) is 18.4. The molecule has 1 aliphatic heterocycles. The second-order valence-corrected chi connectivity index (χ2v) is 7.52. The fourth-order valence-corrected chi connectivity index (χ4v) is 2.57. The van der Waals surface area contributed by atoms with E-state index in [1.54, 1.807) is 0 Å². The minimum atomic E-state index is -0.470. The van der Waals surface area contributed by atoms with Crippen molar-refractivity contribution in [2.45, 2.75) is 53.1 Å². The molecule has 124 valence electrons. The third-order valence-electron chi connectivity index (χ3n) is 4.03. The molecule has 1 fully saturated rings. The van der Waals surface area contributed by atoms with Crippen LogP contribution in [0.1, 0.15) is 41.0 Å². The van der Waals surface area contributed by atoms with E-state index in [-0.39, 0.29) is 11.3 Å².